The molecule has 0 atom stereocenters. The number of ether oxygens (including phenoxy) is 1. The molecule has 0 saturated heterocycles. The van der Waals surface area contributed by atoms with Gasteiger partial charge in [0.1, 0.15) is 11.3 Å². The maximum Gasteiger partial charge on any atom is 0.341 e. The van der Waals surface area contributed by atoms with Gasteiger partial charge in [-0.15, -0.1) is 0 Å². The third kappa shape index (κ3) is 2.74. The number of hydrogen-bond donors (Lipinski definition) is 1. The molecule has 1 aromatic carbocycles. The first-order chi connectivity index (χ1) is 10.4. The number of benzene rings is 1. The first-order valence-corrected chi connectivity index (χ1v) is 7.00. The van der Waals surface area contributed by atoms with Crippen molar-refractivity contribution in [2.45, 2.75) is 26.8 Å². The van der Waals surface area contributed by atoms with Gasteiger partial charge in [-0.2, -0.15) is 0 Å². The zero-order valence-corrected chi connectivity index (χ0v) is 13.1. The van der Waals surface area contributed by atoms with Gasteiger partial charge in [0.15, 0.2) is 0 Å². The highest BCUT2D eigenvalue weighted by Gasteiger charge is 2.17. The first kappa shape index (κ1) is 15.8. The molecule has 0 aliphatic heterocycles. The number of aromatic carboxylic acids is 1. The van der Waals surface area contributed by atoms with E-state index in [0.717, 1.165) is 16.9 Å². The lowest BCUT2D eigenvalue weighted by Gasteiger charge is -2.18. The van der Waals surface area contributed by atoms with Gasteiger partial charge in [-0.3, -0.25) is 4.79 Å². The fourth-order valence-electron chi connectivity index (χ4n) is 2.50. The summed E-state index contributed by atoms with van der Waals surface area (Å²) in [4.78, 5) is 23.6. The Morgan fingerprint density at radius 1 is 1.23 bits per heavy atom. The molecule has 5 heteroatoms. The summed E-state index contributed by atoms with van der Waals surface area (Å²) in [5, 5.41) is 9.12. The van der Waals surface area contributed by atoms with E-state index in [1.165, 1.54) is 10.6 Å². The molecule has 0 saturated carbocycles. The largest absolute Gasteiger partial charge is 0.496 e. The minimum absolute atomic E-state index is 0.149. The highest BCUT2D eigenvalue weighted by atomic mass is 16.5. The summed E-state index contributed by atoms with van der Waals surface area (Å²) >= 11 is 0. The van der Waals surface area contributed by atoms with E-state index in [1.54, 1.807) is 13.2 Å². The Labute approximate surface area is 128 Å². The molecule has 0 bridgehead atoms. The van der Waals surface area contributed by atoms with Crippen molar-refractivity contribution < 1.29 is 14.6 Å². The second-order valence-corrected chi connectivity index (χ2v) is 5.39. The summed E-state index contributed by atoms with van der Waals surface area (Å²) in [6, 6.07) is 8.51. The van der Waals surface area contributed by atoms with Crippen LogP contribution in [0.2, 0.25) is 0 Å². The number of pyridine rings is 1. The second-order valence-electron chi connectivity index (χ2n) is 5.39. The number of carboxylic acid groups (broad SMARTS) is 1. The Balaban J connectivity index is 2.70. The van der Waals surface area contributed by atoms with Gasteiger partial charge in [-0.05, 0) is 62.2 Å². The molecule has 1 aromatic heterocycles. The van der Waals surface area contributed by atoms with Crippen LogP contribution in [-0.2, 0) is 0 Å². The minimum atomic E-state index is -1.21. The number of aromatic nitrogens is 1. The molecule has 0 aliphatic rings. The van der Waals surface area contributed by atoms with Gasteiger partial charge in [-0.25, -0.2) is 4.79 Å². The Hall–Kier alpha value is -2.56. The number of aryl methyl sites for hydroxylation is 1. The molecule has 0 fully saturated rings. The number of carboxylic acids is 1. The Morgan fingerprint density at radius 3 is 2.41 bits per heavy atom. The third-order valence-electron chi connectivity index (χ3n) is 3.55. The summed E-state index contributed by atoms with van der Waals surface area (Å²) in [5.41, 5.74) is 1.78. The highest BCUT2D eigenvalue weighted by Crippen LogP contribution is 2.27. The van der Waals surface area contributed by atoms with E-state index in [2.05, 4.69) is 0 Å². The standard InChI is InChI=1S/C17H19NO4/c1-10(2)18-14(7-6-13(16(18)19)17(20)21)12-5-8-15(22-4)11(3)9-12/h5-10H,1-4H3,(H,20,21). The first-order valence-electron chi connectivity index (χ1n) is 7.00. The molecule has 2 rings (SSSR count). The van der Waals surface area contributed by atoms with E-state index < -0.39 is 11.5 Å². The summed E-state index contributed by atoms with van der Waals surface area (Å²) in [5.74, 6) is -0.443. The van der Waals surface area contributed by atoms with Crippen LogP contribution in [-0.4, -0.2) is 22.8 Å². The summed E-state index contributed by atoms with van der Waals surface area (Å²) in [6.45, 7) is 5.63. The van der Waals surface area contributed by atoms with Gasteiger partial charge in [0.25, 0.3) is 5.56 Å². The molecule has 2 aromatic rings. The molecular formula is C17H19NO4. The van der Waals surface area contributed by atoms with E-state index in [9.17, 15) is 9.59 Å². The molecule has 0 amide bonds. The lowest BCUT2D eigenvalue weighted by atomic mass is 10.1. The molecule has 22 heavy (non-hydrogen) atoms. The van der Waals surface area contributed by atoms with Crippen LogP contribution in [0.1, 0.15) is 35.8 Å². The van der Waals surface area contributed by atoms with Crippen LogP contribution in [0.5, 0.6) is 5.75 Å². The molecule has 5 nitrogen and oxygen atoms in total. The molecular weight excluding hydrogens is 282 g/mol. The van der Waals surface area contributed by atoms with Gasteiger partial charge in [0.2, 0.25) is 0 Å². The fraction of sp³-hybridized carbons (Fsp3) is 0.294. The average molecular weight is 301 g/mol. The fourth-order valence-corrected chi connectivity index (χ4v) is 2.50. The third-order valence-corrected chi connectivity index (χ3v) is 3.55. The highest BCUT2D eigenvalue weighted by molar-refractivity contribution is 5.87. The van der Waals surface area contributed by atoms with Crippen LogP contribution in [0.15, 0.2) is 35.1 Å². The maximum absolute atomic E-state index is 12.4. The number of carbonyl (C=O) groups is 1. The van der Waals surface area contributed by atoms with Crippen molar-refractivity contribution in [3.63, 3.8) is 0 Å². The van der Waals surface area contributed by atoms with Crippen molar-refractivity contribution in [2.24, 2.45) is 0 Å². The monoisotopic (exact) mass is 301 g/mol. The predicted octanol–water partition coefficient (Wildman–Crippen LogP) is 3.11. The molecule has 0 aliphatic carbocycles. The van der Waals surface area contributed by atoms with Crippen LogP contribution >= 0.6 is 0 Å². The lowest BCUT2D eigenvalue weighted by molar-refractivity contribution is 0.0694. The molecule has 0 radical (unpaired) electrons. The predicted molar refractivity (Wildman–Crippen MR) is 84.8 cm³/mol. The van der Waals surface area contributed by atoms with Crippen molar-refractivity contribution in [1.29, 1.82) is 0 Å². The van der Waals surface area contributed by atoms with Crippen LogP contribution in [0.3, 0.4) is 0 Å². The van der Waals surface area contributed by atoms with Crippen molar-refractivity contribution in [2.75, 3.05) is 7.11 Å². The smallest absolute Gasteiger partial charge is 0.341 e. The zero-order chi connectivity index (χ0) is 16.4. The minimum Gasteiger partial charge on any atom is -0.496 e. The van der Waals surface area contributed by atoms with Crippen molar-refractivity contribution in [1.82, 2.24) is 4.57 Å². The normalized spacial score (nSPS) is 10.8. The van der Waals surface area contributed by atoms with E-state index in [1.807, 2.05) is 39.0 Å². The van der Waals surface area contributed by atoms with Crippen molar-refractivity contribution in [3.8, 4) is 17.0 Å². The average Bonchev–Trinajstić information content (AvgIpc) is 2.45. The van der Waals surface area contributed by atoms with Gasteiger partial charge in [-0.1, -0.05) is 0 Å². The van der Waals surface area contributed by atoms with Crippen molar-refractivity contribution in [3.05, 3.63) is 51.8 Å². The number of rotatable bonds is 4. The summed E-state index contributed by atoms with van der Waals surface area (Å²) in [6.07, 6.45) is 0. The number of hydrogen-bond acceptors (Lipinski definition) is 3. The van der Waals surface area contributed by atoms with Gasteiger partial charge >= 0.3 is 5.97 Å². The van der Waals surface area contributed by atoms with Crippen LogP contribution in [0.25, 0.3) is 11.3 Å². The quantitative estimate of drug-likeness (QED) is 0.942. The number of methoxy groups -OCH3 is 1. The molecule has 0 unspecified atom stereocenters. The molecule has 0 spiro atoms. The summed E-state index contributed by atoms with van der Waals surface area (Å²) < 4.78 is 6.75. The van der Waals surface area contributed by atoms with E-state index >= 15 is 0 Å². The molecule has 116 valence electrons. The van der Waals surface area contributed by atoms with Crippen molar-refractivity contribution >= 4 is 5.97 Å². The van der Waals surface area contributed by atoms with Crippen LogP contribution in [0.4, 0.5) is 0 Å². The second kappa shape index (κ2) is 6.05. The maximum atomic E-state index is 12.4. The van der Waals surface area contributed by atoms with Gasteiger partial charge in [0.05, 0.1) is 12.8 Å². The van der Waals surface area contributed by atoms with Gasteiger partial charge < -0.3 is 14.4 Å². The molecule has 1 heterocycles. The SMILES string of the molecule is COc1ccc(-c2ccc(C(=O)O)c(=O)n2C(C)C)cc1C. The molecule has 1 N–H and O–H groups in total. The Morgan fingerprint density at radius 2 is 1.91 bits per heavy atom. The Kier molecular flexibility index (Phi) is 4.35. The topological polar surface area (TPSA) is 68.5 Å². The Bertz CT molecular complexity index is 775. The summed E-state index contributed by atoms with van der Waals surface area (Å²) in [7, 11) is 1.60. The number of nitrogens with zero attached hydrogens (tertiary/aromatic N) is 1. The lowest BCUT2D eigenvalue weighted by Crippen LogP contribution is -2.28. The van der Waals surface area contributed by atoms with E-state index in [-0.39, 0.29) is 11.6 Å². The van der Waals surface area contributed by atoms with Gasteiger partial charge in [0, 0.05) is 6.04 Å². The van der Waals surface area contributed by atoms with E-state index in [4.69, 9.17) is 9.84 Å². The van der Waals surface area contributed by atoms with Crippen LogP contribution in [0, 0.1) is 6.92 Å². The zero-order valence-electron chi connectivity index (χ0n) is 13.1. The van der Waals surface area contributed by atoms with E-state index in [0.29, 0.717) is 5.69 Å². The van der Waals surface area contributed by atoms with Crippen LogP contribution < -0.4 is 10.3 Å².